The zero-order valence-corrected chi connectivity index (χ0v) is 10.5. The van der Waals surface area contributed by atoms with E-state index in [2.05, 4.69) is 5.32 Å². The van der Waals surface area contributed by atoms with Crippen LogP contribution in [0.5, 0.6) is 0 Å². The van der Waals surface area contributed by atoms with Crippen LogP contribution in [0, 0.1) is 6.92 Å². The van der Waals surface area contributed by atoms with Gasteiger partial charge < -0.3 is 9.73 Å². The fourth-order valence-corrected chi connectivity index (χ4v) is 1.95. The minimum Gasteiger partial charge on any atom is -0.459 e. The number of aryl methyl sites for hydroxylation is 1. The van der Waals surface area contributed by atoms with E-state index in [9.17, 15) is 4.79 Å². The summed E-state index contributed by atoms with van der Waals surface area (Å²) in [6, 6.07) is 6.55. The van der Waals surface area contributed by atoms with E-state index >= 15 is 0 Å². The summed E-state index contributed by atoms with van der Waals surface area (Å²) in [5.74, 6) is -0.0491. The molecule has 0 aliphatic rings. The molecule has 0 saturated carbocycles. The van der Waals surface area contributed by atoms with Crippen molar-refractivity contribution in [3.8, 4) is 0 Å². The van der Waals surface area contributed by atoms with Crippen LogP contribution in [0.1, 0.15) is 16.1 Å². The second-order valence-corrected chi connectivity index (χ2v) is 4.42. The molecule has 0 spiro atoms. The van der Waals surface area contributed by atoms with Gasteiger partial charge in [0, 0.05) is 21.3 Å². The van der Waals surface area contributed by atoms with Gasteiger partial charge in [0.2, 0.25) is 0 Å². The Morgan fingerprint density at radius 1 is 1.24 bits per heavy atom. The summed E-state index contributed by atoms with van der Waals surface area (Å²) >= 11 is 11.7. The van der Waals surface area contributed by atoms with Gasteiger partial charge in [-0.25, -0.2) is 0 Å². The van der Waals surface area contributed by atoms with E-state index in [1.807, 2.05) is 0 Å². The molecule has 0 bridgehead atoms. The molecule has 1 amide bonds. The molecule has 0 unspecified atom stereocenters. The quantitative estimate of drug-likeness (QED) is 0.890. The number of hydrogen-bond acceptors (Lipinski definition) is 2. The Balaban J connectivity index is 2.21. The smallest absolute Gasteiger partial charge is 0.291 e. The maximum absolute atomic E-state index is 11.8. The van der Waals surface area contributed by atoms with E-state index in [-0.39, 0.29) is 11.7 Å². The highest BCUT2D eigenvalue weighted by molar-refractivity contribution is 6.35. The number of benzene rings is 1. The minimum absolute atomic E-state index is 0.279. The van der Waals surface area contributed by atoms with Crippen molar-refractivity contribution in [1.82, 2.24) is 0 Å². The van der Waals surface area contributed by atoms with Crippen LogP contribution in [-0.4, -0.2) is 5.91 Å². The van der Waals surface area contributed by atoms with Crippen molar-refractivity contribution < 1.29 is 9.21 Å². The molecule has 0 saturated heterocycles. The summed E-state index contributed by atoms with van der Waals surface area (Å²) in [5.41, 5.74) is 1.30. The molecular weight excluding hydrogens is 261 g/mol. The number of carbonyl (C=O) groups is 1. The maximum Gasteiger partial charge on any atom is 0.291 e. The average molecular weight is 270 g/mol. The standard InChI is InChI=1S/C12H9Cl2NO2/c1-7-2-3-17-11(7)12(16)15-10-5-8(13)4-9(14)6-10/h2-6H,1H3,(H,15,16). The lowest BCUT2D eigenvalue weighted by Crippen LogP contribution is -2.12. The number of rotatable bonds is 2. The highest BCUT2D eigenvalue weighted by atomic mass is 35.5. The molecule has 0 atom stereocenters. The fourth-order valence-electron chi connectivity index (χ4n) is 1.42. The van der Waals surface area contributed by atoms with Gasteiger partial charge in [-0.05, 0) is 31.2 Å². The summed E-state index contributed by atoms with van der Waals surface area (Å²) in [4.78, 5) is 11.8. The van der Waals surface area contributed by atoms with Crippen molar-refractivity contribution in [2.45, 2.75) is 6.92 Å². The van der Waals surface area contributed by atoms with Gasteiger partial charge in [-0.15, -0.1) is 0 Å². The van der Waals surface area contributed by atoms with Gasteiger partial charge in [-0.2, -0.15) is 0 Å². The van der Waals surface area contributed by atoms with E-state index < -0.39 is 0 Å². The van der Waals surface area contributed by atoms with Crippen LogP contribution in [0.2, 0.25) is 10.0 Å². The van der Waals surface area contributed by atoms with Gasteiger partial charge in [-0.3, -0.25) is 4.79 Å². The first kappa shape index (κ1) is 12.0. The topological polar surface area (TPSA) is 42.2 Å². The zero-order valence-electron chi connectivity index (χ0n) is 8.96. The van der Waals surface area contributed by atoms with Crippen LogP contribution in [0.4, 0.5) is 5.69 Å². The molecule has 88 valence electrons. The van der Waals surface area contributed by atoms with Crippen molar-refractivity contribution in [3.63, 3.8) is 0 Å². The largest absolute Gasteiger partial charge is 0.459 e. The number of hydrogen-bond donors (Lipinski definition) is 1. The van der Waals surface area contributed by atoms with Crippen molar-refractivity contribution >= 4 is 34.8 Å². The van der Waals surface area contributed by atoms with Crippen LogP contribution in [0.25, 0.3) is 0 Å². The number of anilines is 1. The molecule has 1 heterocycles. The van der Waals surface area contributed by atoms with Gasteiger partial charge in [-0.1, -0.05) is 23.2 Å². The number of halogens is 2. The molecular formula is C12H9Cl2NO2. The van der Waals surface area contributed by atoms with Crippen molar-refractivity contribution in [2.75, 3.05) is 5.32 Å². The number of carbonyl (C=O) groups excluding carboxylic acids is 1. The molecule has 17 heavy (non-hydrogen) atoms. The molecule has 1 N–H and O–H groups in total. The Hall–Kier alpha value is -1.45. The van der Waals surface area contributed by atoms with E-state index in [1.54, 1.807) is 31.2 Å². The summed E-state index contributed by atoms with van der Waals surface area (Å²) in [7, 11) is 0. The molecule has 0 aliphatic heterocycles. The fraction of sp³-hybridized carbons (Fsp3) is 0.0833. The SMILES string of the molecule is Cc1ccoc1C(=O)Nc1cc(Cl)cc(Cl)c1. The highest BCUT2D eigenvalue weighted by Crippen LogP contribution is 2.23. The Morgan fingerprint density at radius 3 is 2.41 bits per heavy atom. The first-order valence-corrected chi connectivity index (χ1v) is 5.63. The van der Waals surface area contributed by atoms with Crippen LogP contribution in [0.3, 0.4) is 0 Å². The predicted molar refractivity (Wildman–Crippen MR) is 67.9 cm³/mol. The lowest BCUT2D eigenvalue weighted by atomic mass is 10.2. The lowest BCUT2D eigenvalue weighted by Gasteiger charge is -2.05. The molecule has 1 aromatic heterocycles. The van der Waals surface area contributed by atoms with Gasteiger partial charge in [0.1, 0.15) is 0 Å². The van der Waals surface area contributed by atoms with Gasteiger partial charge in [0.15, 0.2) is 5.76 Å². The molecule has 3 nitrogen and oxygen atoms in total. The summed E-state index contributed by atoms with van der Waals surface area (Å²) < 4.78 is 5.08. The minimum atomic E-state index is -0.328. The van der Waals surface area contributed by atoms with Gasteiger partial charge in [0.05, 0.1) is 6.26 Å². The molecule has 5 heteroatoms. The third-order valence-corrected chi connectivity index (χ3v) is 2.63. The van der Waals surface area contributed by atoms with E-state index in [0.717, 1.165) is 5.56 Å². The first-order chi connectivity index (χ1) is 8.06. The first-order valence-electron chi connectivity index (χ1n) is 4.88. The summed E-state index contributed by atoms with van der Waals surface area (Å²) in [5, 5.41) is 3.59. The maximum atomic E-state index is 11.8. The summed E-state index contributed by atoms with van der Waals surface area (Å²) in [6.45, 7) is 1.80. The second kappa shape index (κ2) is 4.82. The lowest BCUT2D eigenvalue weighted by molar-refractivity contribution is 0.0996. The van der Waals surface area contributed by atoms with Gasteiger partial charge in [0.25, 0.3) is 5.91 Å². The van der Waals surface area contributed by atoms with E-state index in [1.165, 1.54) is 6.26 Å². The Kier molecular flexibility index (Phi) is 3.41. The number of amides is 1. The third kappa shape index (κ3) is 2.81. The Morgan fingerprint density at radius 2 is 1.88 bits per heavy atom. The Bertz CT molecular complexity index is 543. The van der Waals surface area contributed by atoms with Crippen molar-refractivity contribution in [2.24, 2.45) is 0 Å². The van der Waals surface area contributed by atoms with Crippen LogP contribution in [0.15, 0.2) is 34.9 Å². The predicted octanol–water partition coefficient (Wildman–Crippen LogP) is 4.15. The zero-order chi connectivity index (χ0) is 12.4. The number of furan rings is 1. The van der Waals surface area contributed by atoms with Crippen LogP contribution >= 0.6 is 23.2 Å². The molecule has 0 fully saturated rings. The van der Waals surface area contributed by atoms with Crippen molar-refractivity contribution in [3.05, 3.63) is 51.9 Å². The van der Waals surface area contributed by atoms with Crippen LogP contribution in [-0.2, 0) is 0 Å². The third-order valence-electron chi connectivity index (χ3n) is 2.19. The average Bonchev–Trinajstić information content (AvgIpc) is 2.62. The summed E-state index contributed by atoms with van der Waals surface area (Å²) in [6.07, 6.45) is 1.47. The molecule has 2 rings (SSSR count). The van der Waals surface area contributed by atoms with E-state index in [0.29, 0.717) is 15.7 Å². The van der Waals surface area contributed by atoms with E-state index in [4.69, 9.17) is 27.6 Å². The highest BCUT2D eigenvalue weighted by Gasteiger charge is 2.13. The van der Waals surface area contributed by atoms with Gasteiger partial charge >= 0.3 is 0 Å². The molecule has 0 aliphatic carbocycles. The second-order valence-electron chi connectivity index (χ2n) is 3.54. The molecule has 2 aromatic rings. The van der Waals surface area contributed by atoms with Crippen molar-refractivity contribution in [1.29, 1.82) is 0 Å². The molecule has 0 radical (unpaired) electrons. The molecule has 1 aromatic carbocycles. The Labute approximate surface area is 108 Å². The van der Waals surface area contributed by atoms with Crippen LogP contribution < -0.4 is 5.32 Å². The number of nitrogens with one attached hydrogen (secondary N) is 1. The normalized spacial score (nSPS) is 10.3. The monoisotopic (exact) mass is 269 g/mol.